The molecule has 0 aromatic carbocycles. The molecule has 0 saturated carbocycles. The number of halogens is 1. The quantitative estimate of drug-likeness (QED) is 0.473. The summed E-state index contributed by atoms with van der Waals surface area (Å²) in [6, 6.07) is 1.95. The van der Waals surface area contributed by atoms with Crippen LogP contribution in [0.5, 0.6) is 0 Å². The van der Waals surface area contributed by atoms with Crippen molar-refractivity contribution in [3.8, 4) is 0 Å². The van der Waals surface area contributed by atoms with Crippen LogP contribution in [0.25, 0.3) is 0 Å². The molecule has 0 unspecified atom stereocenters. The largest absolute Gasteiger partial charge is 0.364 e. The minimum atomic E-state index is -0.430. The molecule has 0 aliphatic heterocycles. The fraction of sp³-hybridized carbons (Fsp3) is 0.583. The third kappa shape index (κ3) is 5.12. The van der Waals surface area contributed by atoms with Crippen LogP contribution in [0.15, 0.2) is 16.7 Å². The van der Waals surface area contributed by atoms with E-state index < -0.39 is 4.92 Å². The number of anilines is 1. The summed E-state index contributed by atoms with van der Waals surface area (Å²) in [6.07, 6.45) is 2.46. The average Bonchev–Trinajstić information content (AvgIpc) is 2.35. The number of pyridine rings is 1. The van der Waals surface area contributed by atoms with Gasteiger partial charge >= 0.3 is 5.69 Å². The summed E-state index contributed by atoms with van der Waals surface area (Å²) in [4.78, 5) is 16.7. The van der Waals surface area contributed by atoms with E-state index in [-0.39, 0.29) is 5.69 Å². The molecule has 106 valence electrons. The van der Waals surface area contributed by atoms with E-state index in [9.17, 15) is 10.1 Å². The summed E-state index contributed by atoms with van der Waals surface area (Å²) in [5.41, 5.74) is -0.00779. The van der Waals surface area contributed by atoms with Crippen molar-refractivity contribution in [2.45, 2.75) is 26.3 Å². The SMILES string of the molecule is CC(C)N(C)CCCNc1ncc(Br)cc1[N+](=O)[O-]. The van der Waals surface area contributed by atoms with Crippen molar-refractivity contribution in [1.29, 1.82) is 0 Å². The third-order valence-corrected chi connectivity index (χ3v) is 3.33. The molecule has 0 aliphatic carbocycles. The zero-order chi connectivity index (χ0) is 14.4. The topological polar surface area (TPSA) is 71.3 Å². The predicted octanol–water partition coefficient (Wildman–Crippen LogP) is 2.89. The molecule has 0 saturated heterocycles. The zero-order valence-corrected chi connectivity index (χ0v) is 13.0. The molecule has 1 N–H and O–H groups in total. The Kier molecular flexibility index (Phi) is 6.17. The van der Waals surface area contributed by atoms with Gasteiger partial charge in [-0.05, 0) is 49.8 Å². The minimum Gasteiger partial charge on any atom is -0.364 e. The first-order valence-electron chi connectivity index (χ1n) is 6.16. The van der Waals surface area contributed by atoms with Crippen LogP contribution in [0.2, 0.25) is 0 Å². The first-order chi connectivity index (χ1) is 8.91. The maximum absolute atomic E-state index is 10.9. The number of hydrogen-bond acceptors (Lipinski definition) is 5. The summed E-state index contributed by atoms with van der Waals surface area (Å²) < 4.78 is 0.601. The van der Waals surface area contributed by atoms with Crippen LogP contribution in [-0.4, -0.2) is 41.0 Å². The Labute approximate surface area is 121 Å². The second-order valence-corrected chi connectivity index (χ2v) is 5.55. The van der Waals surface area contributed by atoms with Crippen molar-refractivity contribution >= 4 is 27.4 Å². The van der Waals surface area contributed by atoms with E-state index in [4.69, 9.17) is 0 Å². The fourth-order valence-electron chi connectivity index (χ4n) is 1.50. The van der Waals surface area contributed by atoms with Gasteiger partial charge in [-0.3, -0.25) is 10.1 Å². The maximum atomic E-state index is 10.9. The van der Waals surface area contributed by atoms with Crippen LogP contribution in [0, 0.1) is 10.1 Å². The van der Waals surface area contributed by atoms with Crippen LogP contribution >= 0.6 is 15.9 Å². The fourth-order valence-corrected chi connectivity index (χ4v) is 1.82. The molecule has 0 bridgehead atoms. The summed E-state index contributed by atoms with van der Waals surface area (Å²) in [7, 11) is 2.06. The van der Waals surface area contributed by atoms with Crippen LogP contribution in [-0.2, 0) is 0 Å². The summed E-state index contributed by atoms with van der Waals surface area (Å²) >= 11 is 3.18. The van der Waals surface area contributed by atoms with Crippen molar-refractivity contribution < 1.29 is 4.92 Å². The number of hydrogen-bond donors (Lipinski definition) is 1. The molecular weight excluding hydrogens is 312 g/mol. The molecule has 0 fully saturated rings. The average molecular weight is 331 g/mol. The number of aromatic nitrogens is 1. The van der Waals surface area contributed by atoms with Gasteiger partial charge in [0.2, 0.25) is 5.82 Å². The van der Waals surface area contributed by atoms with Crippen LogP contribution in [0.1, 0.15) is 20.3 Å². The molecule has 1 heterocycles. The lowest BCUT2D eigenvalue weighted by molar-refractivity contribution is -0.384. The molecule has 0 atom stereocenters. The van der Waals surface area contributed by atoms with Gasteiger partial charge in [-0.1, -0.05) is 0 Å². The monoisotopic (exact) mass is 330 g/mol. The standard InChI is InChI=1S/C12H19BrN4O2/c1-9(2)16(3)6-4-5-14-12-11(17(18)19)7-10(13)8-15-12/h7-9H,4-6H2,1-3H3,(H,14,15). The molecule has 1 aromatic heterocycles. The Morgan fingerprint density at radius 3 is 2.84 bits per heavy atom. The molecule has 6 nitrogen and oxygen atoms in total. The van der Waals surface area contributed by atoms with Crippen molar-refractivity contribution in [2.75, 3.05) is 25.5 Å². The van der Waals surface area contributed by atoms with E-state index in [1.54, 1.807) is 6.20 Å². The van der Waals surface area contributed by atoms with Gasteiger partial charge in [0.05, 0.1) is 4.92 Å². The molecule has 0 aliphatic rings. The summed E-state index contributed by atoms with van der Waals surface area (Å²) in [5.74, 6) is 0.320. The van der Waals surface area contributed by atoms with Gasteiger partial charge in [0, 0.05) is 29.3 Å². The van der Waals surface area contributed by atoms with Gasteiger partial charge in [-0.2, -0.15) is 0 Å². The van der Waals surface area contributed by atoms with Crippen molar-refractivity contribution in [3.63, 3.8) is 0 Å². The van der Waals surface area contributed by atoms with Crippen LogP contribution in [0.4, 0.5) is 11.5 Å². The Bertz CT molecular complexity index is 440. The van der Waals surface area contributed by atoms with E-state index in [1.807, 2.05) is 0 Å². The molecule has 0 radical (unpaired) electrons. The molecule has 19 heavy (non-hydrogen) atoms. The molecule has 1 aromatic rings. The second kappa shape index (κ2) is 7.40. The predicted molar refractivity (Wildman–Crippen MR) is 79.5 cm³/mol. The van der Waals surface area contributed by atoms with Gasteiger partial charge in [-0.25, -0.2) is 4.98 Å². The van der Waals surface area contributed by atoms with Crippen molar-refractivity contribution in [1.82, 2.24) is 9.88 Å². The molecular formula is C12H19BrN4O2. The normalized spacial score (nSPS) is 11.1. The van der Waals surface area contributed by atoms with Gasteiger partial charge < -0.3 is 10.2 Å². The van der Waals surface area contributed by atoms with Gasteiger partial charge in [0.1, 0.15) is 0 Å². The zero-order valence-electron chi connectivity index (χ0n) is 11.4. The Hall–Kier alpha value is -1.21. The van der Waals surface area contributed by atoms with Crippen LogP contribution < -0.4 is 5.32 Å². The Morgan fingerprint density at radius 2 is 2.26 bits per heavy atom. The summed E-state index contributed by atoms with van der Waals surface area (Å²) in [6.45, 7) is 5.87. The Morgan fingerprint density at radius 1 is 1.58 bits per heavy atom. The summed E-state index contributed by atoms with van der Waals surface area (Å²) in [5, 5.41) is 13.9. The highest BCUT2D eigenvalue weighted by molar-refractivity contribution is 9.10. The van der Waals surface area contributed by atoms with Gasteiger partial charge in [-0.15, -0.1) is 0 Å². The second-order valence-electron chi connectivity index (χ2n) is 4.63. The van der Waals surface area contributed by atoms with E-state index >= 15 is 0 Å². The smallest absolute Gasteiger partial charge is 0.312 e. The highest BCUT2D eigenvalue weighted by Crippen LogP contribution is 2.25. The number of nitro groups is 1. The first-order valence-corrected chi connectivity index (χ1v) is 6.95. The molecule has 0 spiro atoms. The Balaban J connectivity index is 2.52. The highest BCUT2D eigenvalue weighted by Gasteiger charge is 2.15. The van der Waals surface area contributed by atoms with Crippen molar-refractivity contribution in [2.24, 2.45) is 0 Å². The number of nitrogens with one attached hydrogen (secondary N) is 1. The maximum Gasteiger partial charge on any atom is 0.312 e. The van der Waals surface area contributed by atoms with E-state index in [2.05, 4.69) is 52.0 Å². The van der Waals surface area contributed by atoms with Gasteiger partial charge in [0.15, 0.2) is 0 Å². The van der Waals surface area contributed by atoms with E-state index in [0.29, 0.717) is 22.9 Å². The van der Waals surface area contributed by atoms with Crippen molar-refractivity contribution in [3.05, 3.63) is 26.9 Å². The third-order valence-electron chi connectivity index (χ3n) is 2.89. The molecule has 1 rings (SSSR count). The number of rotatable bonds is 7. The minimum absolute atomic E-state index is 0.00779. The lowest BCUT2D eigenvalue weighted by Crippen LogP contribution is -2.28. The lowest BCUT2D eigenvalue weighted by Gasteiger charge is -2.20. The molecule has 0 amide bonds. The van der Waals surface area contributed by atoms with E-state index in [0.717, 1.165) is 13.0 Å². The molecule has 7 heteroatoms. The van der Waals surface area contributed by atoms with Crippen LogP contribution in [0.3, 0.4) is 0 Å². The van der Waals surface area contributed by atoms with Gasteiger partial charge in [0.25, 0.3) is 0 Å². The lowest BCUT2D eigenvalue weighted by atomic mass is 10.3. The van der Waals surface area contributed by atoms with E-state index in [1.165, 1.54) is 6.07 Å². The first kappa shape index (κ1) is 15.8. The highest BCUT2D eigenvalue weighted by atomic mass is 79.9. The number of nitrogens with zero attached hydrogens (tertiary/aromatic N) is 3.